The second-order valence-corrected chi connectivity index (χ2v) is 7.00. The number of rotatable bonds is 3. The number of benzene rings is 1. The highest BCUT2D eigenvalue weighted by molar-refractivity contribution is 7.89. The number of carbonyl (C=O) groups is 1. The van der Waals surface area contributed by atoms with Crippen molar-refractivity contribution >= 4 is 16.0 Å². The van der Waals surface area contributed by atoms with E-state index < -0.39 is 16.0 Å². The molecule has 2 rings (SSSR count). The topological polar surface area (TPSA) is 75.7 Å². The van der Waals surface area contributed by atoms with Crippen molar-refractivity contribution in [3.8, 4) is 0 Å². The van der Waals surface area contributed by atoms with Crippen LogP contribution in [0.2, 0.25) is 0 Å². The van der Waals surface area contributed by atoms with Gasteiger partial charge < -0.3 is 10.1 Å². The van der Waals surface area contributed by atoms with Gasteiger partial charge in [-0.15, -0.1) is 0 Å². The molecule has 0 spiro atoms. The summed E-state index contributed by atoms with van der Waals surface area (Å²) in [5, 5.41) is 3.16. The van der Waals surface area contributed by atoms with Crippen molar-refractivity contribution in [1.29, 1.82) is 0 Å². The van der Waals surface area contributed by atoms with Crippen LogP contribution in [0.1, 0.15) is 22.8 Å². The molecule has 116 valence electrons. The second kappa shape index (κ2) is 6.13. The van der Waals surface area contributed by atoms with Crippen LogP contribution in [0.25, 0.3) is 0 Å². The lowest BCUT2D eigenvalue weighted by Gasteiger charge is -2.33. The summed E-state index contributed by atoms with van der Waals surface area (Å²) >= 11 is 0. The van der Waals surface area contributed by atoms with Crippen LogP contribution < -0.4 is 5.32 Å². The number of carbonyl (C=O) groups excluding carboxylic acids is 1. The first-order valence-corrected chi connectivity index (χ1v) is 8.23. The van der Waals surface area contributed by atoms with Crippen LogP contribution in [0.5, 0.6) is 0 Å². The number of piperazine rings is 1. The molecule has 1 aliphatic heterocycles. The normalized spacial score (nSPS) is 20.2. The summed E-state index contributed by atoms with van der Waals surface area (Å²) in [7, 11) is -2.35. The second-order valence-electron chi connectivity index (χ2n) is 5.14. The molecule has 1 saturated heterocycles. The molecule has 1 heterocycles. The average molecular weight is 312 g/mol. The number of nitrogens with one attached hydrogen (secondary N) is 1. The Labute approximate surface area is 125 Å². The van der Waals surface area contributed by atoms with E-state index in [1.807, 2.05) is 6.92 Å². The van der Waals surface area contributed by atoms with Crippen molar-refractivity contribution in [3.63, 3.8) is 0 Å². The fourth-order valence-corrected chi connectivity index (χ4v) is 4.31. The molecule has 0 bridgehead atoms. The number of hydrogen-bond acceptors (Lipinski definition) is 5. The smallest absolute Gasteiger partial charge is 0.337 e. The highest BCUT2D eigenvalue weighted by atomic mass is 32.2. The van der Waals surface area contributed by atoms with Gasteiger partial charge in [0.15, 0.2) is 0 Å². The zero-order valence-corrected chi connectivity index (χ0v) is 13.2. The average Bonchev–Trinajstić information content (AvgIpc) is 2.47. The van der Waals surface area contributed by atoms with E-state index in [0.717, 1.165) is 0 Å². The van der Waals surface area contributed by atoms with Gasteiger partial charge in [-0.3, -0.25) is 0 Å². The van der Waals surface area contributed by atoms with Crippen molar-refractivity contribution in [2.45, 2.75) is 24.8 Å². The SMILES string of the molecule is COC(=O)c1ccc(C)c(S(=O)(=O)N2CCNC[C@@H]2C)c1. The van der Waals surface area contributed by atoms with Gasteiger partial charge in [0.05, 0.1) is 17.6 Å². The van der Waals surface area contributed by atoms with Crippen LogP contribution >= 0.6 is 0 Å². The summed E-state index contributed by atoms with van der Waals surface area (Å²) < 4.78 is 31.8. The summed E-state index contributed by atoms with van der Waals surface area (Å²) in [4.78, 5) is 11.8. The van der Waals surface area contributed by atoms with E-state index in [1.54, 1.807) is 19.1 Å². The van der Waals surface area contributed by atoms with E-state index in [1.165, 1.54) is 17.5 Å². The van der Waals surface area contributed by atoms with Gasteiger partial charge in [0.1, 0.15) is 0 Å². The molecule has 21 heavy (non-hydrogen) atoms. The number of methoxy groups -OCH3 is 1. The van der Waals surface area contributed by atoms with Crippen molar-refractivity contribution in [2.24, 2.45) is 0 Å². The van der Waals surface area contributed by atoms with Crippen LogP contribution in [-0.4, -0.2) is 51.5 Å². The molecule has 1 atom stereocenters. The molecule has 7 heteroatoms. The van der Waals surface area contributed by atoms with Gasteiger partial charge in [0, 0.05) is 25.7 Å². The molecule has 1 aliphatic rings. The summed E-state index contributed by atoms with van der Waals surface area (Å²) in [6, 6.07) is 4.48. The first kappa shape index (κ1) is 15.9. The van der Waals surface area contributed by atoms with Crippen molar-refractivity contribution in [1.82, 2.24) is 9.62 Å². The van der Waals surface area contributed by atoms with Gasteiger partial charge >= 0.3 is 5.97 Å². The van der Waals surface area contributed by atoms with Gasteiger partial charge in [0.2, 0.25) is 10.0 Å². The van der Waals surface area contributed by atoms with Gasteiger partial charge in [-0.25, -0.2) is 13.2 Å². The predicted octanol–water partition coefficient (Wildman–Crippen LogP) is 0.764. The van der Waals surface area contributed by atoms with E-state index >= 15 is 0 Å². The number of aryl methyl sites for hydroxylation is 1. The maximum Gasteiger partial charge on any atom is 0.337 e. The first-order valence-electron chi connectivity index (χ1n) is 6.79. The minimum Gasteiger partial charge on any atom is -0.465 e. The van der Waals surface area contributed by atoms with Gasteiger partial charge in [-0.1, -0.05) is 6.07 Å². The lowest BCUT2D eigenvalue weighted by Crippen LogP contribution is -2.52. The fraction of sp³-hybridized carbons (Fsp3) is 0.500. The maximum absolute atomic E-state index is 12.8. The number of ether oxygens (including phenoxy) is 1. The Hall–Kier alpha value is -1.44. The highest BCUT2D eigenvalue weighted by Gasteiger charge is 2.32. The molecule has 0 radical (unpaired) electrons. The van der Waals surface area contributed by atoms with Crippen molar-refractivity contribution < 1.29 is 17.9 Å². The van der Waals surface area contributed by atoms with E-state index in [4.69, 9.17) is 0 Å². The number of hydrogen-bond donors (Lipinski definition) is 1. The largest absolute Gasteiger partial charge is 0.465 e. The Kier molecular flexibility index (Phi) is 4.65. The minimum atomic E-state index is -3.62. The zero-order valence-electron chi connectivity index (χ0n) is 12.4. The predicted molar refractivity (Wildman–Crippen MR) is 78.7 cm³/mol. The summed E-state index contributed by atoms with van der Waals surface area (Å²) in [6.45, 7) is 5.25. The molecule has 0 aromatic heterocycles. The first-order chi connectivity index (χ1) is 9.87. The molecule has 1 aromatic carbocycles. The number of esters is 1. The fourth-order valence-electron chi connectivity index (χ4n) is 2.43. The van der Waals surface area contributed by atoms with Crippen LogP contribution in [0, 0.1) is 6.92 Å². The van der Waals surface area contributed by atoms with Crippen LogP contribution in [0.3, 0.4) is 0 Å². The molecule has 0 aliphatic carbocycles. The minimum absolute atomic E-state index is 0.120. The van der Waals surface area contributed by atoms with E-state index in [0.29, 0.717) is 25.2 Å². The van der Waals surface area contributed by atoms with Gasteiger partial charge in [-0.05, 0) is 31.5 Å². The van der Waals surface area contributed by atoms with Gasteiger partial charge in [-0.2, -0.15) is 4.31 Å². The Morgan fingerprint density at radius 3 is 2.76 bits per heavy atom. The van der Waals surface area contributed by atoms with Gasteiger partial charge in [0.25, 0.3) is 0 Å². The third-order valence-electron chi connectivity index (χ3n) is 3.64. The Morgan fingerprint density at radius 2 is 2.14 bits per heavy atom. The summed E-state index contributed by atoms with van der Waals surface area (Å²) in [5.74, 6) is -0.542. The van der Waals surface area contributed by atoms with E-state index in [9.17, 15) is 13.2 Å². The van der Waals surface area contributed by atoms with E-state index in [-0.39, 0.29) is 16.5 Å². The molecular formula is C14H20N2O4S. The summed E-state index contributed by atoms with van der Waals surface area (Å²) in [6.07, 6.45) is 0. The molecule has 0 saturated carbocycles. The Morgan fingerprint density at radius 1 is 1.43 bits per heavy atom. The summed E-state index contributed by atoms with van der Waals surface area (Å²) in [5.41, 5.74) is 0.859. The third kappa shape index (κ3) is 3.09. The molecule has 6 nitrogen and oxygen atoms in total. The lowest BCUT2D eigenvalue weighted by atomic mass is 10.1. The molecular weight excluding hydrogens is 292 g/mol. The highest BCUT2D eigenvalue weighted by Crippen LogP contribution is 2.24. The third-order valence-corrected chi connectivity index (χ3v) is 5.79. The molecule has 1 fully saturated rings. The molecule has 1 aromatic rings. The molecule has 0 amide bonds. The van der Waals surface area contributed by atoms with Crippen molar-refractivity contribution in [3.05, 3.63) is 29.3 Å². The monoisotopic (exact) mass is 312 g/mol. The van der Waals surface area contributed by atoms with E-state index in [2.05, 4.69) is 10.1 Å². The standard InChI is InChI=1S/C14H20N2O4S/c1-10-4-5-12(14(17)20-3)8-13(10)21(18,19)16-7-6-15-9-11(16)2/h4-5,8,11,15H,6-7,9H2,1-3H3/t11-/m0/s1. The Bertz CT molecular complexity index is 642. The number of nitrogens with zero attached hydrogens (tertiary/aromatic N) is 1. The Balaban J connectivity index is 2.46. The van der Waals surface area contributed by atoms with Crippen LogP contribution in [0.15, 0.2) is 23.1 Å². The van der Waals surface area contributed by atoms with Crippen molar-refractivity contribution in [2.75, 3.05) is 26.7 Å². The maximum atomic E-state index is 12.8. The number of sulfonamides is 1. The molecule has 1 N–H and O–H groups in total. The van der Waals surface area contributed by atoms with Crippen LogP contribution in [-0.2, 0) is 14.8 Å². The lowest BCUT2D eigenvalue weighted by molar-refractivity contribution is 0.0600. The quantitative estimate of drug-likeness (QED) is 0.834. The van der Waals surface area contributed by atoms with Crippen LogP contribution in [0.4, 0.5) is 0 Å². The zero-order chi connectivity index (χ0) is 15.6. The molecule has 0 unspecified atom stereocenters.